The van der Waals surface area contributed by atoms with Crippen molar-refractivity contribution >= 4 is 38.6 Å². The minimum Gasteiger partial charge on any atom is -0.361 e. The van der Waals surface area contributed by atoms with E-state index in [0.29, 0.717) is 19.5 Å². The molecule has 7 heteroatoms. The molecule has 6 nitrogen and oxygen atoms in total. The molecule has 0 radical (unpaired) electrons. The fourth-order valence-corrected chi connectivity index (χ4v) is 4.51. The maximum absolute atomic E-state index is 13.6. The monoisotopic (exact) mass is 532 g/mol. The van der Waals surface area contributed by atoms with Crippen LogP contribution in [0.3, 0.4) is 0 Å². The van der Waals surface area contributed by atoms with E-state index in [1.807, 2.05) is 79.0 Å². The van der Waals surface area contributed by atoms with Crippen LogP contribution in [0.5, 0.6) is 0 Å². The van der Waals surface area contributed by atoms with Crippen LogP contribution in [-0.4, -0.2) is 34.8 Å². The molecule has 0 saturated carbocycles. The number of amides is 2. The third kappa shape index (κ3) is 6.18. The summed E-state index contributed by atoms with van der Waals surface area (Å²) in [5.74, 6) is -0.365. The van der Waals surface area contributed by atoms with Gasteiger partial charge in [-0.05, 0) is 41.3 Å². The molecule has 0 bridgehead atoms. The number of nitrogens with two attached hydrogens (primary N) is 1. The van der Waals surface area contributed by atoms with Gasteiger partial charge in [-0.25, -0.2) is 0 Å². The lowest BCUT2D eigenvalue weighted by Gasteiger charge is -2.31. The Kier molecular flexibility index (Phi) is 8.34. The molecule has 0 aliphatic rings. The standard InChI is InChI=1S/C28H29BrN4O2/c29-23-12-10-21(11-13-23)27(28(35)32-18-20-6-2-1-3-7-20)33(26(34)14-16-30)17-15-22-19-31-25-9-5-4-8-24(22)25/h1-13,19,27,31H,14-18,30H2,(H,32,35). The number of nitrogens with zero attached hydrogens (tertiary/aromatic N) is 1. The average Bonchev–Trinajstić information content (AvgIpc) is 3.30. The normalized spacial score (nSPS) is 11.8. The van der Waals surface area contributed by atoms with Gasteiger partial charge in [0, 0.05) is 47.6 Å². The van der Waals surface area contributed by atoms with Gasteiger partial charge in [-0.1, -0.05) is 76.6 Å². The zero-order chi connectivity index (χ0) is 24.6. The van der Waals surface area contributed by atoms with Crippen LogP contribution in [0, 0.1) is 0 Å². The number of benzene rings is 3. The Morgan fingerprint density at radius 1 is 0.971 bits per heavy atom. The second-order valence-electron chi connectivity index (χ2n) is 8.39. The van der Waals surface area contributed by atoms with Gasteiger partial charge in [0.15, 0.2) is 0 Å². The molecule has 3 aromatic carbocycles. The molecule has 4 aromatic rings. The summed E-state index contributed by atoms with van der Waals surface area (Å²) < 4.78 is 0.906. The molecule has 1 atom stereocenters. The number of hydrogen-bond donors (Lipinski definition) is 3. The first-order chi connectivity index (χ1) is 17.1. The van der Waals surface area contributed by atoms with Gasteiger partial charge in [0.1, 0.15) is 6.04 Å². The van der Waals surface area contributed by atoms with E-state index in [9.17, 15) is 9.59 Å². The van der Waals surface area contributed by atoms with E-state index in [2.05, 4.69) is 32.3 Å². The highest BCUT2D eigenvalue weighted by Gasteiger charge is 2.31. The molecule has 0 aliphatic heterocycles. The minimum absolute atomic E-state index is 0.143. The van der Waals surface area contributed by atoms with E-state index < -0.39 is 6.04 Å². The van der Waals surface area contributed by atoms with Crippen molar-refractivity contribution < 1.29 is 9.59 Å². The van der Waals surface area contributed by atoms with Crippen LogP contribution in [0.15, 0.2) is 89.5 Å². The number of aromatic nitrogens is 1. The van der Waals surface area contributed by atoms with E-state index >= 15 is 0 Å². The van der Waals surface area contributed by atoms with Gasteiger partial charge in [0.25, 0.3) is 0 Å². The minimum atomic E-state index is -0.768. The summed E-state index contributed by atoms with van der Waals surface area (Å²) in [5.41, 5.74) is 9.64. The smallest absolute Gasteiger partial charge is 0.247 e. The Morgan fingerprint density at radius 2 is 1.69 bits per heavy atom. The van der Waals surface area contributed by atoms with Gasteiger partial charge in [-0.2, -0.15) is 0 Å². The number of hydrogen-bond acceptors (Lipinski definition) is 3. The summed E-state index contributed by atoms with van der Waals surface area (Å²) in [6, 6.07) is 24.6. The van der Waals surface area contributed by atoms with Crippen LogP contribution >= 0.6 is 15.9 Å². The summed E-state index contributed by atoms with van der Waals surface area (Å²) in [6.07, 6.45) is 2.76. The maximum Gasteiger partial charge on any atom is 0.247 e. The van der Waals surface area contributed by atoms with Crippen LogP contribution in [0.2, 0.25) is 0 Å². The second kappa shape index (κ2) is 11.8. The Hall–Kier alpha value is -3.42. The van der Waals surface area contributed by atoms with E-state index in [0.717, 1.165) is 32.1 Å². The van der Waals surface area contributed by atoms with Gasteiger partial charge in [-0.15, -0.1) is 0 Å². The SMILES string of the molecule is NCCC(=O)N(CCc1c[nH]c2ccccc12)C(C(=O)NCc1ccccc1)c1ccc(Br)cc1. The average molecular weight is 533 g/mol. The van der Waals surface area contributed by atoms with Crippen molar-refractivity contribution in [3.8, 4) is 0 Å². The number of fused-ring (bicyclic) bond motifs is 1. The highest BCUT2D eigenvalue weighted by molar-refractivity contribution is 9.10. The molecule has 4 N–H and O–H groups in total. The first-order valence-corrected chi connectivity index (χ1v) is 12.5. The van der Waals surface area contributed by atoms with Gasteiger partial charge >= 0.3 is 0 Å². The van der Waals surface area contributed by atoms with Crippen molar-refractivity contribution in [1.29, 1.82) is 0 Å². The molecule has 1 heterocycles. The van der Waals surface area contributed by atoms with E-state index in [4.69, 9.17) is 5.73 Å². The number of nitrogens with one attached hydrogen (secondary N) is 2. The van der Waals surface area contributed by atoms with Gasteiger partial charge < -0.3 is 20.9 Å². The van der Waals surface area contributed by atoms with Crippen LogP contribution in [0.25, 0.3) is 10.9 Å². The zero-order valence-corrected chi connectivity index (χ0v) is 21.0. The molecule has 0 aliphatic carbocycles. The fourth-order valence-electron chi connectivity index (χ4n) is 4.24. The topological polar surface area (TPSA) is 91.2 Å². The van der Waals surface area contributed by atoms with E-state index in [-0.39, 0.29) is 24.8 Å². The number of aromatic amines is 1. The number of carbonyl (C=O) groups is 2. The van der Waals surface area contributed by atoms with Crippen LogP contribution in [0.4, 0.5) is 0 Å². The fraction of sp³-hybridized carbons (Fsp3) is 0.214. The number of H-pyrrole nitrogens is 1. The highest BCUT2D eigenvalue weighted by Crippen LogP contribution is 2.26. The zero-order valence-electron chi connectivity index (χ0n) is 19.4. The number of para-hydroxylation sites is 1. The summed E-state index contributed by atoms with van der Waals surface area (Å²) in [4.78, 5) is 31.8. The number of carbonyl (C=O) groups excluding carboxylic acids is 2. The van der Waals surface area contributed by atoms with Gasteiger partial charge in [0.2, 0.25) is 11.8 Å². The molecule has 35 heavy (non-hydrogen) atoms. The van der Waals surface area contributed by atoms with Crippen molar-refractivity contribution in [2.45, 2.75) is 25.4 Å². The van der Waals surface area contributed by atoms with Crippen molar-refractivity contribution in [3.05, 3.63) is 106 Å². The predicted octanol–water partition coefficient (Wildman–Crippen LogP) is 4.71. The molecular formula is C28H29BrN4O2. The molecule has 2 amide bonds. The van der Waals surface area contributed by atoms with E-state index in [1.54, 1.807) is 4.90 Å². The lowest BCUT2D eigenvalue weighted by molar-refractivity contribution is -0.140. The molecule has 0 spiro atoms. The summed E-state index contributed by atoms with van der Waals surface area (Å²) in [6.45, 7) is 0.995. The summed E-state index contributed by atoms with van der Waals surface area (Å²) >= 11 is 3.46. The molecule has 180 valence electrons. The predicted molar refractivity (Wildman–Crippen MR) is 143 cm³/mol. The van der Waals surface area contributed by atoms with Crippen molar-refractivity contribution in [1.82, 2.24) is 15.2 Å². The molecule has 1 aromatic heterocycles. The quantitative estimate of drug-likeness (QED) is 0.276. The first kappa shape index (κ1) is 24.7. The Balaban J connectivity index is 1.62. The maximum atomic E-state index is 13.6. The molecular weight excluding hydrogens is 504 g/mol. The van der Waals surface area contributed by atoms with Gasteiger partial charge in [-0.3, -0.25) is 9.59 Å². The lowest BCUT2D eigenvalue weighted by Crippen LogP contribution is -2.45. The molecule has 4 rings (SSSR count). The van der Waals surface area contributed by atoms with Crippen LogP contribution in [-0.2, 0) is 22.6 Å². The van der Waals surface area contributed by atoms with E-state index in [1.165, 1.54) is 0 Å². The Morgan fingerprint density at radius 3 is 2.43 bits per heavy atom. The van der Waals surface area contributed by atoms with Crippen molar-refractivity contribution in [3.63, 3.8) is 0 Å². The molecule has 0 fully saturated rings. The molecule has 0 saturated heterocycles. The Bertz CT molecular complexity index is 1270. The van der Waals surface area contributed by atoms with Crippen molar-refractivity contribution in [2.24, 2.45) is 5.73 Å². The van der Waals surface area contributed by atoms with Crippen LogP contribution in [0.1, 0.15) is 29.2 Å². The summed E-state index contributed by atoms with van der Waals surface area (Å²) in [7, 11) is 0. The number of rotatable bonds is 10. The van der Waals surface area contributed by atoms with Crippen LogP contribution < -0.4 is 11.1 Å². The first-order valence-electron chi connectivity index (χ1n) is 11.7. The second-order valence-corrected chi connectivity index (χ2v) is 9.31. The van der Waals surface area contributed by atoms with Crippen molar-refractivity contribution in [2.75, 3.05) is 13.1 Å². The number of halogens is 1. The largest absolute Gasteiger partial charge is 0.361 e. The highest BCUT2D eigenvalue weighted by atomic mass is 79.9. The molecule has 1 unspecified atom stereocenters. The third-order valence-corrected chi connectivity index (χ3v) is 6.56. The third-order valence-electron chi connectivity index (χ3n) is 6.03. The summed E-state index contributed by atoms with van der Waals surface area (Å²) in [5, 5.41) is 4.15. The lowest BCUT2D eigenvalue weighted by atomic mass is 10.0. The Labute approximate surface area is 213 Å². The van der Waals surface area contributed by atoms with Gasteiger partial charge in [0.05, 0.1) is 0 Å².